The van der Waals surface area contributed by atoms with Crippen molar-refractivity contribution in [1.29, 1.82) is 0 Å². The van der Waals surface area contributed by atoms with E-state index in [9.17, 15) is 18.0 Å². The lowest BCUT2D eigenvalue weighted by Crippen LogP contribution is -2.15. The largest absolute Gasteiger partial charge is 0.495 e. The molecule has 0 saturated carbocycles. The predicted octanol–water partition coefficient (Wildman–Crippen LogP) is 3.30. The van der Waals surface area contributed by atoms with Crippen molar-refractivity contribution in [2.75, 3.05) is 24.3 Å². The van der Waals surface area contributed by atoms with Gasteiger partial charge in [-0.15, -0.1) is 0 Å². The number of amides is 1. The second-order valence-corrected chi connectivity index (χ2v) is 9.20. The molecule has 4 rings (SSSR count). The summed E-state index contributed by atoms with van der Waals surface area (Å²) < 4.78 is 41.1. The number of hydrogen-bond donors (Lipinski definition) is 2. The zero-order valence-electron chi connectivity index (χ0n) is 18.9. The van der Waals surface area contributed by atoms with Crippen LogP contribution in [0.3, 0.4) is 0 Å². The zero-order chi connectivity index (χ0) is 24.5. The second kappa shape index (κ2) is 9.18. The van der Waals surface area contributed by atoms with Crippen LogP contribution in [0.5, 0.6) is 11.5 Å². The van der Waals surface area contributed by atoms with E-state index in [4.69, 9.17) is 9.47 Å². The summed E-state index contributed by atoms with van der Waals surface area (Å²) in [6.07, 6.45) is 0.550. The number of nitrogens with one attached hydrogen (secondary N) is 2. The Morgan fingerprint density at radius 3 is 2.50 bits per heavy atom. The van der Waals surface area contributed by atoms with Crippen LogP contribution in [0.2, 0.25) is 0 Å². The summed E-state index contributed by atoms with van der Waals surface area (Å²) in [7, 11) is -1.29. The first-order valence-corrected chi connectivity index (χ1v) is 12.1. The monoisotopic (exact) mass is 484 g/mol. The molecule has 0 unspecified atom stereocenters. The SMILES string of the molecule is CCc1nn2c(c1-c1ccc(OC)c(S(=O)(=O)Nc3ccccc3OC)c1)NC(=O)CCC2=O. The summed E-state index contributed by atoms with van der Waals surface area (Å²) in [6, 6.07) is 11.3. The maximum Gasteiger partial charge on any atom is 0.265 e. The predicted molar refractivity (Wildman–Crippen MR) is 126 cm³/mol. The number of aryl methyl sites for hydroxylation is 1. The Hall–Kier alpha value is -3.86. The number of fused-ring (bicyclic) bond motifs is 1. The number of carbonyl (C=O) groups excluding carboxylic acids is 2. The topological polar surface area (TPSA) is 129 Å². The van der Waals surface area contributed by atoms with Crippen LogP contribution in [-0.2, 0) is 21.2 Å². The third kappa shape index (κ3) is 4.21. The molecule has 10 nitrogen and oxygen atoms in total. The van der Waals surface area contributed by atoms with Gasteiger partial charge in [0.15, 0.2) is 0 Å². The number of ether oxygens (including phenoxy) is 2. The van der Waals surface area contributed by atoms with Crippen LogP contribution in [0, 0.1) is 0 Å². The van der Waals surface area contributed by atoms with Gasteiger partial charge in [-0.3, -0.25) is 14.3 Å². The minimum Gasteiger partial charge on any atom is -0.495 e. The standard InChI is InChI=1S/C23H24N4O6S/c1-4-15-22(23-24-20(28)11-12-21(29)27(23)25-15)14-9-10-18(33-3)19(13-14)34(30,31)26-16-7-5-6-8-17(16)32-2/h5-10,13,26H,4,11-12H2,1-3H3,(H,24,28). The minimum absolute atomic E-state index is 0.0359. The highest BCUT2D eigenvalue weighted by Gasteiger charge is 2.29. The van der Waals surface area contributed by atoms with Crippen LogP contribution in [0.1, 0.15) is 30.3 Å². The molecule has 11 heteroatoms. The lowest BCUT2D eigenvalue weighted by Gasteiger charge is -2.15. The van der Waals surface area contributed by atoms with Crippen LogP contribution in [0.25, 0.3) is 11.1 Å². The molecule has 3 aromatic rings. The van der Waals surface area contributed by atoms with Crippen LogP contribution in [-0.4, -0.2) is 44.2 Å². The van der Waals surface area contributed by atoms with Gasteiger partial charge in [-0.1, -0.05) is 25.1 Å². The highest BCUT2D eigenvalue weighted by Crippen LogP contribution is 2.38. The molecule has 0 saturated heterocycles. The molecule has 0 aliphatic carbocycles. The molecule has 34 heavy (non-hydrogen) atoms. The molecule has 1 amide bonds. The molecule has 0 spiro atoms. The van der Waals surface area contributed by atoms with E-state index in [1.165, 1.54) is 31.0 Å². The molecular formula is C23H24N4O6S. The van der Waals surface area contributed by atoms with Crippen molar-refractivity contribution in [3.63, 3.8) is 0 Å². The van der Waals surface area contributed by atoms with E-state index in [-0.39, 0.29) is 46.8 Å². The highest BCUT2D eigenvalue weighted by atomic mass is 32.2. The average molecular weight is 485 g/mol. The summed E-state index contributed by atoms with van der Waals surface area (Å²) in [5.41, 5.74) is 1.78. The number of sulfonamides is 1. The molecular weight excluding hydrogens is 460 g/mol. The Bertz CT molecular complexity index is 1380. The zero-order valence-corrected chi connectivity index (χ0v) is 19.7. The van der Waals surface area contributed by atoms with Crippen LogP contribution < -0.4 is 19.5 Å². The molecule has 0 fully saturated rings. The first-order chi connectivity index (χ1) is 16.3. The van der Waals surface area contributed by atoms with Crippen LogP contribution in [0.4, 0.5) is 11.5 Å². The van der Waals surface area contributed by atoms with Crippen molar-refractivity contribution in [2.45, 2.75) is 31.1 Å². The van der Waals surface area contributed by atoms with E-state index in [1.807, 2.05) is 6.92 Å². The third-order valence-electron chi connectivity index (χ3n) is 5.45. The van der Waals surface area contributed by atoms with E-state index < -0.39 is 10.0 Å². The molecule has 2 aromatic carbocycles. The molecule has 0 atom stereocenters. The van der Waals surface area contributed by atoms with Gasteiger partial charge in [0, 0.05) is 18.4 Å². The van der Waals surface area contributed by atoms with Gasteiger partial charge in [-0.2, -0.15) is 9.78 Å². The normalized spacial score (nSPS) is 13.6. The summed E-state index contributed by atoms with van der Waals surface area (Å²) in [6.45, 7) is 1.86. The molecule has 0 radical (unpaired) electrons. The number of benzene rings is 2. The Kier molecular flexibility index (Phi) is 6.29. The van der Waals surface area contributed by atoms with E-state index >= 15 is 0 Å². The Balaban J connectivity index is 1.86. The maximum atomic E-state index is 13.4. The molecule has 1 aromatic heterocycles. The van der Waals surface area contributed by atoms with Gasteiger partial charge in [-0.25, -0.2) is 8.42 Å². The van der Waals surface area contributed by atoms with Gasteiger partial charge in [-0.05, 0) is 36.2 Å². The fraction of sp³-hybridized carbons (Fsp3) is 0.261. The van der Waals surface area contributed by atoms with E-state index in [1.54, 1.807) is 30.3 Å². The summed E-state index contributed by atoms with van der Waals surface area (Å²) in [5.74, 6) is 0.0966. The van der Waals surface area contributed by atoms with E-state index in [2.05, 4.69) is 15.1 Å². The Labute approximate surface area is 196 Å². The van der Waals surface area contributed by atoms with Crippen molar-refractivity contribution in [3.05, 3.63) is 48.2 Å². The number of methoxy groups -OCH3 is 2. The van der Waals surface area contributed by atoms with Gasteiger partial charge < -0.3 is 14.8 Å². The fourth-order valence-electron chi connectivity index (χ4n) is 3.80. The molecule has 2 N–H and O–H groups in total. The number of carbonyl (C=O) groups is 2. The number of anilines is 2. The Morgan fingerprint density at radius 2 is 1.79 bits per heavy atom. The smallest absolute Gasteiger partial charge is 0.265 e. The van der Waals surface area contributed by atoms with Gasteiger partial charge in [0.2, 0.25) is 11.8 Å². The maximum absolute atomic E-state index is 13.4. The first kappa shape index (κ1) is 23.3. The number of rotatable bonds is 7. The van der Waals surface area contributed by atoms with Crippen LogP contribution in [0.15, 0.2) is 47.4 Å². The number of para-hydroxylation sites is 2. The summed E-state index contributed by atoms with van der Waals surface area (Å²) in [5, 5.41) is 7.13. The van der Waals surface area contributed by atoms with E-state index in [0.29, 0.717) is 29.0 Å². The summed E-state index contributed by atoms with van der Waals surface area (Å²) in [4.78, 5) is 24.6. The van der Waals surface area contributed by atoms with Gasteiger partial charge in [0.1, 0.15) is 22.2 Å². The number of aromatic nitrogens is 2. The molecule has 0 bridgehead atoms. The van der Waals surface area contributed by atoms with Crippen molar-refractivity contribution in [3.8, 4) is 22.6 Å². The lowest BCUT2D eigenvalue weighted by atomic mass is 10.0. The second-order valence-electron chi connectivity index (χ2n) is 7.55. The van der Waals surface area contributed by atoms with Crippen molar-refractivity contribution >= 4 is 33.3 Å². The van der Waals surface area contributed by atoms with Gasteiger partial charge >= 0.3 is 0 Å². The lowest BCUT2D eigenvalue weighted by molar-refractivity contribution is -0.116. The van der Waals surface area contributed by atoms with Crippen molar-refractivity contribution in [2.24, 2.45) is 0 Å². The quantitative estimate of drug-likeness (QED) is 0.526. The van der Waals surface area contributed by atoms with Gasteiger partial charge in [0.05, 0.1) is 25.6 Å². The van der Waals surface area contributed by atoms with Crippen molar-refractivity contribution in [1.82, 2.24) is 9.78 Å². The third-order valence-corrected chi connectivity index (χ3v) is 6.83. The van der Waals surface area contributed by atoms with E-state index in [0.717, 1.165) is 0 Å². The molecule has 1 aliphatic heterocycles. The van der Waals surface area contributed by atoms with Crippen LogP contribution >= 0.6 is 0 Å². The number of nitrogens with zero attached hydrogens (tertiary/aromatic N) is 2. The van der Waals surface area contributed by atoms with Crippen molar-refractivity contribution < 1.29 is 27.5 Å². The number of hydrogen-bond acceptors (Lipinski definition) is 7. The minimum atomic E-state index is -4.11. The summed E-state index contributed by atoms with van der Waals surface area (Å²) >= 11 is 0. The Morgan fingerprint density at radius 1 is 1.06 bits per heavy atom. The first-order valence-electron chi connectivity index (χ1n) is 10.6. The molecule has 1 aliphatic rings. The molecule has 2 heterocycles. The fourth-order valence-corrected chi connectivity index (χ4v) is 5.07. The average Bonchev–Trinajstić information content (AvgIpc) is 3.13. The van der Waals surface area contributed by atoms with Gasteiger partial charge in [0.25, 0.3) is 10.0 Å². The highest BCUT2D eigenvalue weighted by molar-refractivity contribution is 7.92. The molecule has 178 valence electrons.